The van der Waals surface area contributed by atoms with Crippen LogP contribution in [0.25, 0.3) is 0 Å². The van der Waals surface area contributed by atoms with E-state index in [2.05, 4.69) is 11.4 Å². The minimum Gasteiger partial charge on any atom is -0.490 e. The second-order valence-corrected chi connectivity index (χ2v) is 9.25. The Kier molecular flexibility index (Phi) is 5.38. The van der Waals surface area contributed by atoms with E-state index in [-0.39, 0.29) is 6.10 Å². The van der Waals surface area contributed by atoms with Crippen molar-refractivity contribution in [1.82, 2.24) is 5.32 Å². The quantitative estimate of drug-likeness (QED) is 0.686. The van der Waals surface area contributed by atoms with Gasteiger partial charge in [-0.3, -0.25) is 0 Å². The van der Waals surface area contributed by atoms with E-state index in [9.17, 15) is 0 Å². The lowest BCUT2D eigenvalue weighted by atomic mass is 9.54. The average Bonchev–Trinajstić information content (AvgIpc) is 2.56. The Balaban J connectivity index is 1.46. The zero-order valence-electron chi connectivity index (χ0n) is 16.3. The van der Waals surface area contributed by atoms with Crippen molar-refractivity contribution in [1.29, 1.82) is 0 Å². The number of nitrogens with one attached hydrogen (secondary N) is 1. The summed E-state index contributed by atoms with van der Waals surface area (Å²) >= 11 is 6.52. The highest BCUT2D eigenvalue weighted by atomic mass is 35.5. The van der Waals surface area contributed by atoms with Crippen molar-refractivity contribution in [3.8, 4) is 11.5 Å². The molecule has 0 aromatic heterocycles. The van der Waals surface area contributed by atoms with Gasteiger partial charge in [-0.25, -0.2) is 0 Å². The summed E-state index contributed by atoms with van der Waals surface area (Å²) in [7, 11) is 0. The molecule has 4 aliphatic rings. The molecule has 0 spiro atoms. The molecule has 0 unspecified atom stereocenters. The Hall–Kier alpha value is -0.930. The van der Waals surface area contributed by atoms with Crippen LogP contribution in [0, 0.1) is 23.7 Å². The van der Waals surface area contributed by atoms with Crippen LogP contribution in [-0.4, -0.2) is 18.8 Å². The Morgan fingerprint density at radius 3 is 2.31 bits per heavy atom. The Morgan fingerprint density at radius 2 is 1.73 bits per heavy atom. The van der Waals surface area contributed by atoms with Crippen LogP contribution in [0.15, 0.2) is 12.1 Å². The third kappa shape index (κ3) is 3.71. The lowest BCUT2D eigenvalue weighted by Gasteiger charge is -2.54. The minimum atomic E-state index is 0.0729. The topological polar surface area (TPSA) is 30.5 Å². The zero-order valence-corrected chi connectivity index (χ0v) is 17.0. The Bertz CT molecular complexity index is 617. The van der Waals surface area contributed by atoms with E-state index in [0.717, 1.165) is 36.0 Å². The zero-order chi connectivity index (χ0) is 18.3. The van der Waals surface area contributed by atoms with Gasteiger partial charge in [0, 0.05) is 12.6 Å². The molecule has 0 atom stereocenters. The van der Waals surface area contributed by atoms with Crippen molar-refractivity contribution in [3.63, 3.8) is 0 Å². The fourth-order valence-electron chi connectivity index (χ4n) is 5.83. The standard InChI is InChI=1S/C22H32ClNO2/c1-4-25-20-11-16(10-19(23)22(20)26-13(2)3)12-24-21-17-6-14-5-15(8-17)9-18(21)7-14/h10-11,13-15,17-18,21,24H,4-9,12H2,1-3H3. The average molecular weight is 378 g/mol. The molecule has 0 amide bonds. The molecule has 26 heavy (non-hydrogen) atoms. The third-order valence-electron chi connectivity index (χ3n) is 6.49. The summed E-state index contributed by atoms with van der Waals surface area (Å²) in [6, 6.07) is 4.81. The first kappa shape index (κ1) is 18.4. The Morgan fingerprint density at radius 1 is 1.08 bits per heavy atom. The van der Waals surface area contributed by atoms with E-state index in [4.69, 9.17) is 21.1 Å². The first-order valence-electron chi connectivity index (χ1n) is 10.4. The normalized spacial score (nSPS) is 32.3. The van der Waals surface area contributed by atoms with Crippen molar-refractivity contribution in [2.45, 2.75) is 71.6 Å². The Labute approximate surface area is 162 Å². The number of hydrogen-bond donors (Lipinski definition) is 1. The molecule has 0 saturated heterocycles. The van der Waals surface area contributed by atoms with Gasteiger partial charge in [-0.05, 0) is 94.2 Å². The summed E-state index contributed by atoms with van der Waals surface area (Å²) in [6.07, 6.45) is 7.34. The fourth-order valence-corrected chi connectivity index (χ4v) is 6.11. The van der Waals surface area contributed by atoms with Gasteiger partial charge < -0.3 is 14.8 Å². The van der Waals surface area contributed by atoms with E-state index < -0.39 is 0 Å². The van der Waals surface area contributed by atoms with E-state index in [0.29, 0.717) is 23.4 Å². The van der Waals surface area contributed by atoms with Gasteiger partial charge in [0.05, 0.1) is 17.7 Å². The molecule has 0 aliphatic heterocycles. The smallest absolute Gasteiger partial charge is 0.180 e. The molecule has 3 nitrogen and oxygen atoms in total. The van der Waals surface area contributed by atoms with Gasteiger partial charge in [0.1, 0.15) is 0 Å². The monoisotopic (exact) mass is 377 g/mol. The summed E-state index contributed by atoms with van der Waals surface area (Å²) in [6.45, 7) is 7.47. The van der Waals surface area contributed by atoms with Crippen LogP contribution >= 0.6 is 11.6 Å². The van der Waals surface area contributed by atoms with E-state index in [1.165, 1.54) is 37.7 Å². The maximum atomic E-state index is 6.52. The predicted octanol–water partition coefficient (Wildman–Crippen LogP) is 5.44. The maximum Gasteiger partial charge on any atom is 0.180 e. The number of rotatable bonds is 7. The number of hydrogen-bond acceptors (Lipinski definition) is 3. The lowest BCUT2D eigenvalue weighted by molar-refractivity contribution is -0.0142. The molecule has 1 N–H and O–H groups in total. The van der Waals surface area contributed by atoms with Gasteiger partial charge in [0.15, 0.2) is 11.5 Å². The molecule has 0 heterocycles. The highest BCUT2D eigenvalue weighted by Gasteiger charge is 2.47. The number of benzene rings is 1. The van der Waals surface area contributed by atoms with Gasteiger partial charge in [0.2, 0.25) is 0 Å². The fraction of sp³-hybridized carbons (Fsp3) is 0.727. The molecule has 4 saturated carbocycles. The summed E-state index contributed by atoms with van der Waals surface area (Å²) in [4.78, 5) is 0. The van der Waals surface area contributed by atoms with Gasteiger partial charge in [-0.1, -0.05) is 11.6 Å². The molecule has 4 bridgehead atoms. The first-order valence-corrected chi connectivity index (χ1v) is 10.8. The molecule has 4 heteroatoms. The molecule has 5 rings (SSSR count). The lowest BCUT2D eigenvalue weighted by Crippen LogP contribution is -2.54. The molecule has 0 radical (unpaired) electrons. The van der Waals surface area contributed by atoms with Crippen LogP contribution < -0.4 is 14.8 Å². The summed E-state index contributed by atoms with van der Waals surface area (Å²) in [5.74, 6) is 5.23. The van der Waals surface area contributed by atoms with Crippen LogP contribution in [0.1, 0.15) is 58.4 Å². The van der Waals surface area contributed by atoms with Gasteiger partial charge >= 0.3 is 0 Å². The van der Waals surface area contributed by atoms with Crippen molar-refractivity contribution < 1.29 is 9.47 Å². The van der Waals surface area contributed by atoms with E-state index in [1.807, 2.05) is 26.8 Å². The van der Waals surface area contributed by atoms with Crippen molar-refractivity contribution in [3.05, 3.63) is 22.7 Å². The predicted molar refractivity (Wildman–Crippen MR) is 106 cm³/mol. The van der Waals surface area contributed by atoms with Crippen LogP contribution in [0.4, 0.5) is 0 Å². The maximum absolute atomic E-state index is 6.52. The second kappa shape index (κ2) is 7.59. The third-order valence-corrected chi connectivity index (χ3v) is 6.77. The van der Waals surface area contributed by atoms with Crippen LogP contribution in [-0.2, 0) is 6.54 Å². The molecule has 1 aromatic rings. The minimum absolute atomic E-state index is 0.0729. The summed E-state index contributed by atoms with van der Waals surface area (Å²) in [5, 5.41) is 4.53. The highest BCUT2D eigenvalue weighted by Crippen LogP contribution is 2.53. The molecule has 4 aliphatic carbocycles. The summed E-state index contributed by atoms with van der Waals surface area (Å²) < 4.78 is 11.7. The number of halogens is 1. The second-order valence-electron chi connectivity index (χ2n) is 8.84. The molecular formula is C22H32ClNO2. The highest BCUT2D eigenvalue weighted by molar-refractivity contribution is 6.32. The van der Waals surface area contributed by atoms with Gasteiger partial charge in [0.25, 0.3) is 0 Å². The SMILES string of the molecule is CCOc1cc(CNC2C3CC4CC(C3)CC2C4)cc(Cl)c1OC(C)C. The molecule has 144 valence electrons. The van der Waals surface area contributed by atoms with Crippen LogP contribution in [0.2, 0.25) is 5.02 Å². The first-order chi connectivity index (χ1) is 12.5. The summed E-state index contributed by atoms with van der Waals surface area (Å²) in [5.41, 5.74) is 1.18. The van der Waals surface area contributed by atoms with Gasteiger partial charge in [-0.15, -0.1) is 0 Å². The molecular weight excluding hydrogens is 346 g/mol. The van der Waals surface area contributed by atoms with Crippen molar-refractivity contribution in [2.24, 2.45) is 23.7 Å². The van der Waals surface area contributed by atoms with Crippen LogP contribution in [0.3, 0.4) is 0 Å². The van der Waals surface area contributed by atoms with Crippen molar-refractivity contribution in [2.75, 3.05) is 6.61 Å². The van der Waals surface area contributed by atoms with Gasteiger partial charge in [-0.2, -0.15) is 0 Å². The molecule has 1 aromatic carbocycles. The molecule has 4 fully saturated rings. The largest absolute Gasteiger partial charge is 0.490 e. The van der Waals surface area contributed by atoms with Crippen molar-refractivity contribution >= 4 is 11.6 Å². The number of ether oxygens (including phenoxy) is 2. The van der Waals surface area contributed by atoms with E-state index >= 15 is 0 Å². The van der Waals surface area contributed by atoms with Crippen LogP contribution in [0.5, 0.6) is 11.5 Å². The van der Waals surface area contributed by atoms with E-state index in [1.54, 1.807) is 0 Å².